The predicted molar refractivity (Wildman–Crippen MR) is 67.0 cm³/mol. The average Bonchev–Trinajstić information content (AvgIpc) is 2.77. The third-order valence-electron chi connectivity index (χ3n) is 2.48. The number of nitrogens with zero attached hydrogens (tertiary/aromatic N) is 1. The second-order valence-electron chi connectivity index (χ2n) is 3.78. The third kappa shape index (κ3) is 2.33. The fourth-order valence-corrected chi connectivity index (χ4v) is 2.15. The maximum absolute atomic E-state index is 9.42. The summed E-state index contributed by atoms with van der Waals surface area (Å²) in [4.78, 5) is 4.26. The number of phenols is 1. The lowest BCUT2D eigenvalue weighted by Gasteiger charge is -2.13. The summed E-state index contributed by atoms with van der Waals surface area (Å²) in [6.45, 7) is 3.95. The van der Waals surface area contributed by atoms with E-state index in [1.807, 2.05) is 29.9 Å². The molecule has 1 aromatic carbocycles. The van der Waals surface area contributed by atoms with Gasteiger partial charge in [0.2, 0.25) is 0 Å². The molecule has 0 spiro atoms. The first-order valence-corrected chi connectivity index (χ1v) is 6.05. The molecule has 4 heteroatoms. The Kier molecular flexibility index (Phi) is 3.10. The summed E-state index contributed by atoms with van der Waals surface area (Å²) in [6, 6.07) is 5.67. The fraction of sp³-hybridized carbons (Fsp3) is 0.250. The zero-order valence-corrected chi connectivity index (χ0v) is 10.1. The van der Waals surface area contributed by atoms with Crippen molar-refractivity contribution in [2.24, 2.45) is 0 Å². The van der Waals surface area contributed by atoms with Gasteiger partial charge in [0.05, 0.1) is 17.2 Å². The van der Waals surface area contributed by atoms with E-state index in [1.54, 1.807) is 17.4 Å². The normalized spacial score (nSPS) is 12.4. The van der Waals surface area contributed by atoms with Crippen molar-refractivity contribution in [3.05, 3.63) is 40.3 Å². The summed E-state index contributed by atoms with van der Waals surface area (Å²) in [7, 11) is 0. The van der Waals surface area contributed by atoms with Gasteiger partial charge in [0, 0.05) is 11.1 Å². The van der Waals surface area contributed by atoms with Crippen molar-refractivity contribution in [1.29, 1.82) is 0 Å². The van der Waals surface area contributed by atoms with E-state index in [4.69, 9.17) is 0 Å². The smallest absolute Gasteiger partial charge is 0.118 e. The first kappa shape index (κ1) is 11.0. The summed E-state index contributed by atoms with van der Waals surface area (Å²) in [5.41, 5.74) is 4.73. The molecule has 0 amide bonds. The van der Waals surface area contributed by atoms with Crippen LogP contribution in [0.2, 0.25) is 0 Å². The van der Waals surface area contributed by atoms with E-state index < -0.39 is 0 Å². The molecule has 16 heavy (non-hydrogen) atoms. The van der Waals surface area contributed by atoms with Crippen LogP contribution in [0.4, 0.5) is 5.69 Å². The molecule has 0 aliphatic heterocycles. The standard InChI is InChI=1S/C12H14N2OS/c1-8-5-10(3-4-12(8)15)14-9(2)11-6-16-7-13-11/h3-7,9,14-15H,1-2H3. The Morgan fingerprint density at radius 2 is 2.25 bits per heavy atom. The van der Waals surface area contributed by atoms with Gasteiger partial charge in [0.15, 0.2) is 0 Å². The van der Waals surface area contributed by atoms with Crippen LogP contribution in [0.1, 0.15) is 24.2 Å². The molecule has 0 bridgehead atoms. The summed E-state index contributed by atoms with van der Waals surface area (Å²) < 4.78 is 0. The van der Waals surface area contributed by atoms with Crippen molar-refractivity contribution in [2.75, 3.05) is 5.32 Å². The van der Waals surface area contributed by atoms with E-state index in [0.717, 1.165) is 16.9 Å². The van der Waals surface area contributed by atoms with Crippen LogP contribution in [0.5, 0.6) is 5.75 Å². The molecule has 1 aromatic heterocycles. The quantitative estimate of drug-likeness (QED) is 0.801. The van der Waals surface area contributed by atoms with Crippen molar-refractivity contribution in [1.82, 2.24) is 4.98 Å². The zero-order valence-electron chi connectivity index (χ0n) is 9.27. The van der Waals surface area contributed by atoms with Gasteiger partial charge < -0.3 is 10.4 Å². The molecule has 0 fully saturated rings. The number of benzene rings is 1. The number of aromatic hydroxyl groups is 1. The minimum atomic E-state index is 0.176. The van der Waals surface area contributed by atoms with Gasteiger partial charge in [0.1, 0.15) is 5.75 Å². The van der Waals surface area contributed by atoms with Crippen LogP contribution >= 0.6 is 11.3 Å². The molecule has 1 unspecified atom stereocenters. The molecule has 0 aliphatic rings. The molecule has 1 heterocycles. The van der Waals surface area contributed by atoms with E-state index in [2.05, 4.69) is 17.2 Å². The molecule has 2 aromatic rings. The number of hydrogen-bond donors (Lipinski definition) is 2. The van der Waals surface area contributed by atoms with Crippen molar-refractivity contribution in [2.45, 2.75) is 19.9 Å². The van der Waals surface area contributed by atoms with E-state index in [1.165, 1.54) is 0 Å². The predicted octanol–water partition coefficient (Wildman–Crippen LogP) is 3.33. The third-order valence-corrected chi connectivity index (χ3v) is 3.08. The maximum atomic E-state index is 9.42. The number of thiazole rings is 1. The number of aryl methyl sites for hydroxylation is 1. The molecule has 84 valence electrons. The van der Waals surface area contributed by atoms with E-state index >= 15 is 0 Å². The van der Waals surface area contributed by atoms with Crippen LogP contribution < -0.4 is 5.32 Å². The summed E-state index contributed by atoms with van der Waals surface area (Å²) >= 11 is 1.59. The van der Waals surface area contributed by atoms with E-state index in [9.17, 15) is 5.11 Å². The maximum Gasteiger partial charge on any atom is 0.118 e. The van der Waals surface area contributed by atoms with Crippen LogP contribution in [0.25, 0.3) is 0 Å². The molecule has 0 saturated carbocycles. The van der Waals surface area contributed by atoms with Crippen LogP contribution in [-0.2, 0) is 0 Å². The lowest BCUT2D eigenvalue weighted by molar-refractivity contribution is 0.471. The zero-order chi connectivity index (χ0) is 11.5. The van der Waals surface area contributed by atoms with Gasteiger partial charge in [-0.2, -0.15) is 0 Å². The molecule has 0 radical (unpaired) electrons. The number of phenolic OH excluding ortho intramolecular Hbond substituents is 1. The van der Waals surface area contributed by atoms with Crippen LogP contribution in [0.3, 0.4) is 0 Å². The summed E-state index contributed by atoms with van der Waals surface area (Å²) in [6.07, 6.45) is 0. The molecular formula is C12H14N2OS. The Morgan fingerprint density at radius 3 is 2.88 bits per heavy atom. The van der Waals surface area contributed by atoms with Gasteiger partial charge in [0.25, 0.3) is 0 Å². The Labute approximate surface area is 98.8 Å². The monoisotopic (exact) mass is 234 g/mol. The molecule has 0 saturated heterocycles. The molecule has 0 aliphatic carbocycles. The molecule has 3 nitrogen and oxygen atoms in total. The highest BCUT2D eigenvalue weighted by Crippen LogP contribution is 2.23. The molecular weight excluding hydrogens is 220 g/mol. The van der Waals surface area contributed by atoms with Crippen molar-refractivity contribution in [3.63, 3.8) is 0 Å². The first-order chi connectivity index (χ1) is 7.66. The van der Waals surface area contributed by atoms with Crippen LogP contribution in [-0.4, -0.2) is 10.1 Å². The molecule has 1 atom stereocenters. The lowest BCUT2D eigenvalue weighted by Crippen LogP contribution is -2.06. The topological polar surface area (TPSA) is 45.2 Å². The number of nitrogens with one attached hydrogen (secondary N) is 1. The summed E-state index contributed by atoms with van der Waals surface area (Å²) in [5, 5.41) is 14.8. The SMILES string of the molecule is Cc1cc(NC(C)c2cscn2)ccc1O. The average molecular weight is 234 g/mol. The van der Waals surface area contributed by atoms with Gasteiger partial charge in [-0.05, 0) is 37.6 Å². The lowest BCUT2D eigenvalue weighted by atomic mass is 10.2. The van der Waals surface area contributed by atoms with Crippen molar-refractivity contribution < 1.29 is 5.11 Å². The van der Waals surface area contributed by atoms with Gasteiger partial charge in [-0.3, -0.25) is 0 Å². The minimum Gasteiger partial charge on any atom is -0.508 e. The second-order valence-corrected chi connectivity index (χ2v) is 4.50. The fourth-order valence-electron chi connectivity index (χ4n) is 1.50. The number of rotatable bonds is 3. The van der Waals surface area contributed by atoms with Crippen molar-refractivity contribution in [3.8, 4) is 5.75 Å². The van der Waals surface area contributed by atoms with Crippen LogP contribution in [0.15, 0.2) is 29.1 Å². The second kappa shape index (κ2) is 4.53. The molecule has 2 rings (SSSR count). The van der Waals surface area contributed by atoms with E-state index in [0.29, 0.717) is 5.75 Å². The highest BCUT2D eigenvalue weighted by molar-refractivity contribution is 7.07. The molecule has 2 N–H and O–H groups in total. The number of aromatic nitrogens is 1. The van der Waals surface area contributed by atoms with Gasteiger partial charge in [-0.15, -0.1) is 11.3 Å². The Balaban J connectivity index is 2.12. The largest absolute Gasteiger partial charge is 0.508 e. The number of hydrogen-bond acceptors (Lipinski definition) is 4. The van der Waals surface area contributed by atoms with Gasteiger partial charge in [-0.1, -0.05) is 0 Å². The highest BCUT2D eigenvalue weighted by atomic mass is 32.1. The highest BCUT2D eigenvalue weighted by Gasteiger charge is 2.07. The van der Waals surface area contributed by atoms with E-state index in [-0.39, 0.29) is 6.04 Å². The number of anilines is 1. The van der Waals surface area contributed by atoms with Crippen LogP contribution in [0, 0.1) is 6.92 Å². The Bertz CT molecular complexity index is 468. The first-order valence-electron chi connectivity index (χ1n) is 5.11. The Hall–Kier alpha value is -1.55. The minimum absolute atomic E-state index is 0.176. The van der Waals surface area contributed by atoms with Gasteiger partial charge >= 0.3 is 0 Å². The summed E-state index contributed by atoms with van der Waals surface area (Å²) in [5.74, 6) is 0.326. The van der Waals surface area contributed by atoms with Gasteiger partial charge in [-0.25, -0.2) is 4.98 Å². The van der Waals surface area contributed by atoms with Crippen molar-refractivity contribution >= 4 is 17.0 Å². The Morgan fingerprint density at radius 1 is 1.44 bits per heavy atom.